The van der Waals surface area contributed by atoms with Crippen LogP contribution in [-0.4, -0.2) is 50.1 Å². The maximum atomic E-state index is 6.00. The SMILES string of the molecule is OO.[GaH3].[GaH3]. The van der Waals surface area contributed by atoms with Gasteiger partial charge in [-0.1, -0.05) is 0 Å². The summed E-state index contributed by atoms with van der Waals surface area (Å²) in [6, 6.07) is 0. The Bertz CT molecular complexity index is 4.00. The zero-order valence-corrected chi connectivity index (χ0v) is 0.894. The molecule has 0 bridgehead atoms. The van der Waals surface area contributed by atoms with E-state index in [-0.39, 0.29) is 39.6 Å². The molecular weight excluding hydrogens is 171 g/mol. The third-order valence-corrected chi connectivity index (χ3v) is 0. The van der Waals surface area contributed by atoms with Gasteiger partial charge in [-0.3, -0.25) is 10.5 Å². The normalized spacial score (nSPS) is 1.50. The van der Waals surface area contributed by atoms with Crippen LogP contribution < -0.4 is 0 Å². The van der Waals surface area contributed by atoms with E-state index in [2.05, 4.69) is 0 Å². The first-order chi connectivity index (χ1) is 1.00. The van der Waals surface area contributed by atoms with Gasteiger partial charge in [-0.05, 0) is 0 Å². The van der Waals surface area contributed by atoms with Crippen LogP contribution in [0.5, 0.6) is 0 Å². The predicted octanol–water partition coefficient (Wildman–Crippen LogP) is -2.35. The van der Waals surface area contributed by atoms with Crippen molar-refractivity contribution in [3.63, 3.8) is 0 Å². The molecule has 4 heteroatoms. The van der Waals surface area contributed by atoms with Gasteiger partial charge < -0.3 is 0 Å². The molecule has 0 aliphatic carbocycles. The topological polar surface area (TPSA) is 40.5 Å². The average molecular weight is 180 g/mol. The molecule has 0 unspecified atom stereocenters. The number of hydrogen-bond donors (Lipinski definition) is 2. The summed E-state index contributed by atoms with van der Waals surface area (Å²) in [5.41, 5.74) is 0. The first kappa shape index (κ1) is 19.0. The molecular formula is H8Ga2O2. The van der Waals surface area contributed by atoms with Crippen LogP contribution >= 0.6 is 0 Å². The molecule has 0 atom stereocenters. The van der Waals surface area contributed by atoms with Gasteiger partial charge in [-0.2, -0.15) is 0 Å². The van der Waals surface area contributed by atoms with Gasteiger partial charge >= 0.3 is 39.6 Å². The Morgan fingerprint density at radius 3 is 0.750 bits per heavy atom. The summed E-state index contributed by atoms with van der Waals surface area (Å²) in [4.78, 5) is 0. The summed E-state index contributed by atoms with van der Waals surface area (Å²) in [6.45, 7) is 0. The van der Waals surface area contributed by atoms with Gasteiger partial charge in [0.05, 0.1) is 0 Å². The molecule has 0 aromatic rings. The van der Waals surface area contributed by atoms with E-state index in [9.17, 15) is 0 Å². The second kappa shape index (κ2) is 30.0. The number of rotatable bonds is 0. The molecule has 2 N–H and O–H groups in total. The van der Waals surface area contributed by atoms with Crippen molar-refractivity contribution in [1.82, 2.24) is 0 Å². The second-order valence-corrected chi connectivity index (χ2v) is 0. The summed E-state index contributed by atoms with van der Waals surface area (Å²) in [5, 5.41) is 12.0. The molecule has 0 aromatic carbocycles. The molecule has 0 aromatic heterocycles. The van der Waals surface area contributed by atoms with E-state index in [0.29, 0.717) is 0 Å². The van der Waals surface area contributed by atoms with E-state index in [1.54, 1.807) is 0 Å². The van der Waals surface area contributed by atoms with Crippen LogP contribution in [-0.2, 0) is 0 Å². The molecule has 0 fully saturated rings. The van der Waals surface area contributed by atoms with Crippen molar-refractivity contribution in [2.24, 2.45) is 0 Å². The molecule has 0 radical (unpaired) electrons. The van der Waals surface area contributed by atoms with Gasteiger partial charge in [0.2, 0.25) is 0 Å². The van der Waals surface area contributed by atoms with Crippen molar-refractivity contribution >= 4 is 39.6 Å². The molecule has 4 heavy (non-hydrogen) atoms. The Kier molecular flexibility index (Phi) is 143. The van der Waals surface area contributed by atoms with Gasteiger partial charge in [0.25, 0.3) is 0 Å². The van der Waals surface area contributed by atoms with Gasteiger partial charge in [0, 0.05) is 0 Å². The van der Waals surface area contributed by atoms with Crippen molar-refractivity contribution in [2.75, 3.05) is 0 Å². The molecule has 0 spiro atoms. The van der Waals surface area contributed by atoms with E-state index in [1.807, 2.05) is 0 Å². The zero-order valence-electron chi connectivity index (χ0n) is 0.894. The Balaban J connectivity index is -0.00000000500. The summed E-state index contributed by atoms with van der Waals surface area (Å²) in [5.74, 6) is 0. The molecule has 0 saturated carbocycles. The van der Waals surface area contributed by atoms with Gasteiger partial charge in [-0.25, -0.2) is 0 Å². The fourth-order valence-electron chi connectivity index (χ4n) is 0. The molecule has 0 rings (SSSR count). The first-order valence-corrected chi connectivity index (χ1v) is 0.200. The van der Waals surface area contributed by atoms with Crippen LogP contribution in [0.4, 0.5) is 0 Å². The molecule has 2 nitrogen and oxygen atoms in total. The van der Waals surface area contributed by atoms with Crippen LogP contribution in [0.1, 0.15) is 0 Å². The Morgan fingerprint density at radius 1 is 0.750 bits per heavy atom. The van der Waals surface area contributed by atoms with Crippen molar-refractivity contribution < 1.29 is 10.5 Å². The van der Waals surface area contributed by atoms with E-state index in [0.717, 1.165) is 0 Å². The van der Waals surface area contributed by atoms with Crippen LogP contribution in [0.25, 0.3) is 0 Å². The van der Waals surface area contributed by atoms with Crippen LogP contribution in [0, 0.1) is 0 Å². The van der Waals surface area contributed by atoms with E-state index < -0.39 is 0 Å². The third-order valence-electron chi connectivity index (χ3n) is 0. The van der Waals surface area contributed by atoms with Crippen molar-refractivity contribution in [2.45, 2.75) is 0 Å². The van der Waals surface area contributed by atoms with Crippen molar-refractivity contribution in [3.05, 3.63) is 0 Å². The van der Waals surface area contributed by atoms with Crippen LogP contribution in [0.15, 0.2) is 0 Å². The third kappa shape index (κ3) is 10.8. The summed E-state index contributed by atoms with van der Waals surface area (Å²) in [7, 11) is 0. The maximum absolute atomic E-state index is 6.00. The molecule has 0 aliphatic heterocycles. The Morgan fingerprint density at radius 2 is 0.750 bits per heavy atom. The van der Waals surface area contributed by atoms with Crippen LogP contribution in [0.3, 0.4) is 0 Å². The van der Waals surface area contributed by atoms with E-state index in [4.69, 9.17) is 10.5 Å². The van der Waals surface area contributed by atoms with Crippen molar-refractivity contribution in [3.8, 4) is 0 Å². The van der Waals surface area contributed by atoms with Crippen LogP contribution in [0.2, 0.25) is 0 Å². The van der Waals surface area contributed by atoms with E-state index >= 15 is 0 Å². The van der Waals surface area contributed by atoms with E-state index in [1.165, 1.54) is 0 Å². The minimum atomic E-state index is 0. The van der Waals surface area contributed by atoms with Gasteiger partial charge in [0.1, 0.15) is 0 Å². The molecule has 26 valence electrons. The second-order valence-electron chi connectivity index (χ2n) is 0. The first-order valence-electron chi connectivity index (χ1n) is 0.200. The quantitative estimate of drug-likeness (QED) is 0.248. The average Bonchev–Trinajstić information content (AvgIpc) is 1.00. The zero-order chi connectivity index (χ0) is 2.00. The fraction of sp³-hybridized carbons (Fsp3) is 0. The molecule has 0 amide bonds. The fourth-order valence-corrected chi connectivity index (χ4v) is 0. The number of hydrogen-bond acceptors (Lipinski definition) is 2. The summed E-state index contributed by atoms with van der Waals surface area (Å²) >= 11 is 0. The summed E-state index contributed by atoms with van der Waals surface area (Å²) in [6.07, 6.45) is 0. The standard InChI is InChI=1S/2Ga.H2O2.6H/c;;1-2;;;;;;/h;;1-2H;;;;;;. The molecule has 0 heterocycles. The van der Waals surface area contributed by atoms with Gasteiger partial charge in [-0.15, -0.1) is 0 Å². The van der Waals surface area contributed by atoms with Gasteiger partial charge in [0.15, 0.2) is 0 Å². The molecule has 0 saturated heterocycles. The van der Waals surface area contributed by atoms with Crippen molar-refractivity contribution in [1.29, 1.82) is 0 Å². The molecule has 0 aliphatic rings. The monoisotopic (exact) mass is 178 g/mol. The summed E-state index contributed by atoms with van der Waals surface area (Å²) < 4.78 is 0. The minimum absolute atomic E-state index is 0. The predicted molar refractivity (Wildman–Crippen MR) is 25.1 cm³/mol. The Labute approximate surface area is 50.3 Å². The Hall–Kier alpha value is 1.19.